The topological polar surface area (TPSA) is 60.0 Å². The van der Waals surface area contributed by atoms with Gasteiger partial charge in [-0.05, 0) is 26.4 Å². The van der Waals surface area contributed by atoms with E-state index in [2.05, 4.69) is 22.3 Å². The first-order valence-electron chi connectivity index (χ1n) is 4.61. The van der Waals surface area contributed by atoms with Crippen LogP contribution in [0.25, 0.3) is 0 Å². The molecule has 0 aliphatic carbocycles. The normalized spacial score (nSPS) is 24.8. The summed E-state index contributed by atoms with van der Waals surface area (Å²) in [5.74, 6) is 0.508. The molecule has 1 aliphatic rings. The van der Waals surface area contributed by atoms with Crippen LogP contribution in [0, 0.1) is 0 Å². The van der Waals surface area contributed by atoms with Gasteiger partial charge in [-0.1, -0.05) is 5.21 Å². The van der Waals surface area contributed by atoms with Crippen molar-refractivity contribution in [2.75, 3.05) is 25.9 Å². The highest BCUT2D eigenvalue weighted by atomic mass is 15.5. The Balaban J connectivity index is 2.08. The zero-order chi connectivity index (χ0) is 9.26. The largest absolute Gasteiger partial charge is 0.381 e. The highest BCUT2D eigenvalue weighted by Crippen LogP contribution is 2.19. The fourth-order valence-corrected chi connectivity index (χ4v) is 1.82. The summed E-state index contributed by atoms with van der Waals surface area (Å²) in [6, 6.07) is 0.448. The van der Waals surface area contributed by atoms with Crippen molar-refractivity contribution in [3.8, 4) is 0 Å². The molecule has 5 nitrogen and oxygen atoms in total. The van der Waals surface area contributed by atoms with Crippen LogP contribution in [0.4, 0.5) is 5.82 Å². The standard InChI is InChI=1S/C8H15N5/c1-12-4-2-3-7(5-12)13-6-8(9)10-11-13/h6-7H,2-5,9H2,1H3. The lowest BCUT2D eigenvalue weighted by molar-refractivity contribution is 0.201. The summed E-state index contributed by atoms with van der Waals surface area (Å²) >= 11 is 0. The molecule has 2 heterocycles. The van der Waals surface area contributed by atoms with Crippen LogP contribution in [0.3, 0.4) is 0 Å². The molecule has 1 aromatic rings. The summed E-state index contributed by atoms with van der Waals surface area (Å²) in [7, 11) is 2.13. The number of nitrogen functional groups attached to an aromatic ring is 1. The fourth-order valence-electron chi connectivity index (χ4n) is 1.82. The van der Waals surface area contributed by atoms with Crippen LogP contribution in [0.5, 0.6) is 0 Å². The monoisotopic (exact) mass is 181 g/mol. The molecule has 2 N–H and O–H groups in total. The van der Waals surface area contributed by atoms with E-state index in [1.165, 1.54) is 19.4 Å². The first-order chi connectivity index (χ1) is 6.25. The van der Waals surface area contributed by atoms with E-state index >= 15 is 0 Å². The molecule has 1 aliphatic heterocycles. The van der Waals surface area contributed by atoms with Crippen LogP contribution < -0.4 is 5.73 Å². The van der Waals surface area contributed by atoms with Gasteiger partial charge in [0.15, 0.2) is 5.82 Å². The molecule has 0 radical (unpaired) electrons. The van der Waals surface area contributed by atoms with Gasteiger partial charge in [0.05, 0.1) is 12.2 Å². The Morgan fingerprint density at radius 3 is 3.08 bits per heavy atom. The number of nitrogens with zero attached hydrogens (tertiary/aromatic N) is 4. The molecule has 1 fully saturated rings. The van der Waals surface area contributed by atoms with Gasteiger partial charge in [-0.3, -0.25) is 0 Å². The van der Waals surface area contributed by atoms with E-state index in [0.717, 1.165) is 6.54 Å². The number of aromatic nitrogens is 3. The maximum Gasteiger partial charge on any atom is 0.165 e. The molecule has 1 saturated heterocycles. The van der Waals surface area contributed by atoms with Crippen LogP contribution in [0.2, 0.25) is 0 Å². The average Bonchev–Trinajstić information content (AvgIpc) is 2.52. The Bertz CT molecular complexity index is 282. The van der Waals surface area contributed by atoms with Gasteiger partial charge in [0, 0.05) is 6.54 Å². The SMILES string of the molecule is CN1CCCC(n2cc(N)nn2)C1. The number of likely N-dealkylation sites (N-methyl/N-ethyl adjacent to an activating group) is 1. The summed E-state index contributed by atoms with van der Waals surface area (Å²) in [5, 5.41) is 7.78. The van der Waals surface area contributed by atoms with Crippen molar-refractivity contribution in [2.24, 2.45) is 0 Å². The Morgan fingerprint density at radius 2 is 2.46 bits per heavy atom. The molecule has 2 rings (SSSR count). The molecular formula is C8H15N5. The quantitative estimate of drug-likeness (QED) is 0.669. The first-order valence-corrected chi connectivity index (χ1v) is 4.61. The number of hydrogen-bond donors (Lipinski definition) is 1. The first kappa shape index (κ1) is 8.50. The zero-order valence-corrected chi connectivity index (χ0v) is 7.85. The highest BCUT2D eigenvalue weighted by Gasteiger charge is 2.19. The summed E-state index contributed by atoms with van der Waals surface area (Å²) < 4.78 is 1.88. The molecule has 1 aromatic heterocycles. The van der Waals surface area contributed by atoms with Crippen LogP contribution >= 0.6 is 0 Å². The van der Waals surface area contributed by atoms with Crippen LogP contribution in [0.15, 0.2) is 6.20 Å². The van der Waals surface area contributed by atoms with Gasteiger partial charge in [-0.15, -0.1) is 5.10 Å². The predicted molar refractivity (Wildman–Crippen MR) is 50.2 cm³/mol. The third kappa shape index (κ3) is 1.80. The second-order valence-corrected chi connectivity index (χ2v) is 3.68. The number of rotatable bonds is 1. The molecule has 0 bridgehead atoms. The maximum absolute atomic E-state index is 5.51. The minimum Gasteiger partial charge on any atom is -0.381 e. The Kier molecular flexibility index (Phi) is 2.18. The molecule has 0 spiro atoms. The summed E-state index contributed by atoms with van der Waals surface area (Å²) in [4.78, 5) is 2.31. The van der Waals surface area contributed by atoms with Gasteiger partial charge >= 0.3 is 0 Å². The lowest BCUT2D eigenvalue weighted by Crippen LogP contribution is -2.33. The van der Waals surface area contributed by atoms with Crippen LogP contribution in [-0.2, 0) is 0 Å². The van der Waals surface area contributed by atoms with Gasteiger partial charge in [0.2, 0.25) is 0 Å². The molecule has 5 heteroatoms. The number of hydrogen-bond acceptors (Lipinski definition) is 4. The summed E-state index contributed by atoms with van der Waals surface area (Å²) in [6.45, 7) is 2.23. The molecule has 72 valence electrons. The number of likely N-dealkylation sites (tertiary alicyclic amines) is 1. The number of nitrogens with two attached hydrogens (primary N) is 1. The van der Waals surface area contributed by atoms with Gasteiger partial charge in [0.25, 0.3) is 0 Å². The summed E-state index contributed by atoms with van der Waals surface area (Å²) in [5.41, 5.74) is 5.51. The van der Waals surface area contributed by atoms with E-state index < -0.39 is 0 Å². The number of anilines is 1. The molecule has 0 amide bonds. The minimum atomic E-state index is 0.448. The van der Waals surface area contributed by atoms with Crippen molar-refractivity contribution in [3.63, 3.8) is 0 Å². The summed E-state index contributed by atoms with van der Waals surface area (Å²) in [6.07, 6.45) is 4.21. The van der Waals surface area contributed by atoms with Crippen molar-refractivity contribution in [1.29, 1.82) is 0 Å². The van der Waals surface area contributed by atoms with E-state index in [0.29, 0.717) is 11.9 Å². The second kappa shape index (κ2) is 3.33. The second-order valence-electron chi connectivity index (χ2n) is 3.68. The molecular weight excluding hydrogens is 166 g/mol. The van der Waals surface area contributed by atoms with Crippen molar-refractivity contribution in [2.45, 2.75) is 18.9 Å². The Hall–Kier alpha value is -1.10. The lowest BCUT2D eigenvalue weighted by Gasteiger charge is -2.29. The van der Waals surface area contributed by atoms with E-state index in [1.54, 1.807) is 0 Å². The number of piperidine rings is 1. The smallest absolute Gasteiger partial charge is 0.165 e. The third-order valence-electron chi connectivity index (χ3n) is 2.50. The molecule has 13 heavy (non-hydrogen) atoms. The van der Waals surface area contributed by atoms with E-state index in [4.69, 9.17) is 5.73 Å². The van der Waals surface area contributed by atoms with Crippen LogP contribution in [-0.4, -0.2) is 40.0 Å². The Morgan fingerprint density at radius 1 is 1.62 bits per heavy atom. The van der Waals surface area contributed by atoms with Gasteiger partial charge in [-0.2, -0.15) is 0 Å². The van der Waals surface area contributed by atoms with Crippen molar-refractivity contribution < 1.29 is 0 Å². The molecule has 1 atom stereocenters. The third-order valence-corrected chi connectivity index (χ3v) is 2.50. The zero-order valence-electron chi connectivity index (χ0n) is 7.85. The Labute approximate surface area is 77.5 Å². The molecule has 1 unspecified atom stereocenters. The van der Waals surface area contributed by atoms with Gasteiger partial charge < -0.3 is 10.6 Å². The minimum absolute atomic E-state index is 0.448. The predicted octanol–water partition coefficient (Wildman–Crippen LogP) is 0.127. The van der Waals surface area contributed by atoms with Crippen LogP contribution in [0.1, 0.15) is 18.9 Å². The van der Waals surface area contributed by atoms with Crippen molar-refractivity contribution in [3.05, 3.63) is 6.20 Å². The van der Waals surface area contributed by atoms with E-state index in [9.17, 15) is 0 Å². The molecule has 0 aromatic carbocycles. The van der Waals surface area contributed by atoms with Crippen molar-refractivity contribution >= 4 is 5.82 Å². The van der Waals surface area contributed by atoms with E-state index in [1.807, 2.05) is 10.9 Å². The average molecular weight is 181 g/mol. The molecule has 0 saturated carbocycles. The van der Waals surface area contributed by atoms with Crippen molar-refractivity contribution in [1.82, 2.24) is 19.9 Å². The highest BCUT2D eigenvalue weighted by molar-refractivity contribution is 5.20. The van der Waals surface area contributed by atoms with E-state index in [-0.39, 0.29) is 0 Å². The maximum atomic E-state index is 5.51. The van der Waals surface area contributed by atoms with Gasteiger partial charge in [-0.25, -0.2) is 4.68 Å². The van der Waals surface area contributed by atoms with Gasteiger partial charge in [0.1, 0.15) is 0 Å². The lowest BCUT2D eigenvalue weighted by atomic mass is 10.1. The fraction of sp³-hybridized carbons (Fsp3) is 0.750.